The first-order chi connectivity index (χ1) is 13.3. The lowest BCUT2D eigenvalue weighted by molar-refractivity contribution is 0.115. The van der Waals surface area contributed by atoms with Crippen LogP contribution in [0.1, 0.15) is 56.9 Å². The molecule has 5 heteroatoms. The lowest BCUT2D eigenvalue weighted by Gasteiger charge is -2.39. The Kier molecular flexibility index (Phi) is 7.53. The summed E-state index contributed by atoms with van der Waals surface area (Å²) in [6.45, 7) is 3.51. The third-order valence-corrected chi connectivity index (χ3v) is 5.91. The smallest absolute Gasteiger partial charge is 0.317 e. The highest BCUT2D eigenvalue weighted by atomic mass is 16.2. The SMILES string of the molecule is N#CCCN(C(=O)NC1CCCCC1)C1CCN(Cc2ccccc2)CC1. The van der Waals surface area contributed by atoms with Crippen molar-refractivity contribution in [1.82, 2.24) is 15.1 Å². The van der Waals surface area contributed by atoms with Gasteiger partial charge in [0, 0.05) is 38.3 Å². The van der Waals surface area contributed by atoms with Gasteiger partial charge in [0.05, 0.1) is 12.5 Å². The van der Waals surface area contributed by atoms with E-state index in [4.69, 9.17) is 5.26 Å². The summed E-state index contributed by atoms with van der Waals surface area (Å²) in [7, 11) is 0. The zero-order chi connectivity index (χ0) is 18.9. The van der Waals surface area contributed by atoms with Crippen LogP contribution >= 0.6 is 0 Å². The molecular weight excluding hydrogens is 336 g/mol. The average molecular weight is 369 g/mol. The first kappa shape index (κ1) is 19.7. The van der Waals surface area contributed by atoms with Gasteiger partial charge in [0.25, 0.3) is 0 Å². The molecule has 0 radical (unpaired) electrons. The Labute approximate surface area is 163 Å². The number of hydrogen-bond donors (Lipinski definition) is 1. The largest absolute Gasteiger partial charge is 0.335 e. The maximum Gasteiger partial charge on any atom is 0.317 e. The first-order valence-electron chi connectivity index (χ1n) is 10.5. The Hall–Kier alpha value is -2.06. The van der Waals surface area contributed by atoms with Crippen LogP contribution in [0.2, 0.25) is 0 Å². The van der Waals surface area contributed by atoms with Crippen molar-refractivity contribution in [3.8, 4) is 6.07 Å². The number of carbonyl (C=O) groups excluding carboxylic acids is 1. The maximum atomic E-state index is 12.9. The van der Waals surface area contributed by atoms with Gasteiger partial charge >= 0.3 is 6.03 Å². The van der Waals surface area contributed by atoms with E-state index in [1.807, 2.05) is 11.0 Å². The van der Waals surface area contributed by atoms with E-state index in [2.05, 4.69) is 40.6 Å². The minimum absolute atomic E-state index is 0.0404. The van der Waals surface area contributed by atoms with Gasteiger partial charge in [0.15, 0.2) is 0 Å². The summed E-state index contributed by atoms with van der Waals surface area (Å²) in [6, 6.07) is 13.4. The second-order valence-electron chi connectivity index (χ2n) is 7.88. The topological polar surface area (TPSA) is 59.4 Å². The first-order valence-corrected chi connectivity index (χ1v) is 10.5. The van der Waals surface area contributed by atoms with E-state index in [0.717, 1.165) is 45.3 Å². The van der Waals surface area contributed by atoms with Crippen molar-refractivity contribution in [1.29, 1.82) is 5.26 Å². The maximum absolute atomic E-state index is 12.9. The highest BCUT2D eigenvalue weighted by molar-refractivity contribution is 5.75. The van der Waals surface area contributed by atoms with Crippen molar-refractivity contribution < 1.29 is 4.79 Å². The van der Waals surface area contributed by atoms with Crippen LogP contribution < -0.4 is 5.32 Å². The molecule has 1 saturated heterocycles. The van der Waals surface area contributed by atoms with Gasteiger partial charge in [-0.15, -0.1) is 0 Å². The number of nitrogens with zero attached hydrogens (tertiary/aromatic N) is 3. The molecule has 1 saturated carbocycles. The standard InChI is InChI=1S/C22H32N4O/c23-14-7-15-26(22(27)24-20-10-5-2-6-11-20)21-12-16-25(17-13-21)18-19-8-3-1-4-9-19/h1,3-4,8-9,20-21H,2,5-7,10-13,15-18H2,(H,24,27). The van der Waals surface area contributed by atoms with Crippen LogP contribution in [0.25, 0.3) is 0 Å². The van der Waals surface area contributed by atoms with Crippen LogP contribution in [0.5, 0.6) is 0 Å². The molecule has 3 rings (SSSR count). The Balaban J connectivity index is 1.52. The van der Waals surface area contributed by atoms with Gasteiger partial charge in [-0.3, -0.25) is 4.90 Å². The Morgan fingerprint density at radius 3 is 2.48 bits per heavy atom. The summed E-state index contributed by atoms with van der Waals surface area (Å²) < 4.78 is 0. The molecule has 0 atom stereocenters. The number of piperidine rings is 1. The second kappa shape index (κ2) is 10.3. The number of nitrogens with one attached hydrogen (secondary N) is 1. The minimum atomic E-state index is 0.0404. The van der Waals surface area contributed by atoms with Crippen LogP contribution in [0.3, 0.4) is 0 Å². The number of urea groups is 1. The molecule has 1 heterocycles. The molecule has 0 bridgehead atoms. The molecule has 1 aromatic carbocycles. The van der Waals surface area contributed by atoms with Crippen molar-refractivity contribution >= 4 is 6.03 Å². The Bertz CT molecular complexity index is 613. The molecule has 2 amide bonds. The van der Waals surface area contributed by atoms with E-state index in [1.165, 1.54) is 24.8 Å². The minimum Gasteiger partial charge on any atom is -0.335 e. The number of nitriles is 1. The summed E-state index contributed by atoms with van der Waals surface area (Å²) in [4.78, 5) is 17.3. The normalized spacial score (nSPS) is 19.4. The zero-order valence-corrected chi connectivity index (χ0v) is 16.3. The number of benzene rings is 1. The molecule has 1 aliphatic carbocycles. The molecule has 0 aromatic heterocycles. The number of hydrogen-bond acceptors (Lipinski definition) is 3. The monoisotopic (exact) mass is 368 g/mol. The van der Waals surface area contributed by atoms with Gasteiger partial charge in [0.1, 0.15) is 0 Å². The molecule has 1 N–H and O–H groups in total. The Morgan fingerprint density at radius 2 is 1.81 bits per heavy atom. The number of likely N-dealkylation sites (tertiary alicyclic amines) is 1. The van der Waals surface area contributed by atoms with E-state index in [0.29, 0.717) is 19.0 Å². The molecule has 27 heavy (non-hydrogen) atoms. The van der Waals surface area contributed by atoms with Gasteiger partial charge < -0.3 is 10.2 Å². The molecule has 146 valence electrons. The molecular formula is C22H32N4O. The van der Waals surface area contributed by atoms with Crippen LogP contribution in [-0.2, 0) is 6.54 Å². The van der Waals surface area contributed by atoms with E-state index >= 15 is 0 Å². The third kappa shape index (κ3) is 5.97. The van der Waals surface area contributed by atoms with Gasteiger partial charge in [-0.05, 0) is 31.2 Å². The molecule has 5 nitrogen and oxygen atoms in total. The highest BCUT2D eigenvalue weighted by Crippen LogP contribution is 2.21. The summed E-state index contributed by atoms with van der Waals surface area (Å²) in [5.41, 5.74) is 1.34. The fraction of sp³-hybridized carbons (Fsp3) is 0.636. The van der Waals surface area contributed by atoms with Crippen molar-refractivity contribution in [2.24, 2.45) is 0 Å². The second-order valence-corrected chi connectivity index (χ2v) is 7.88. The quantitative estimate of drug-likeness (QED) is 0.828. The van der Waals surface area contributed by atoms with Gasteiger partial charge in [-0.25, -0.2) is 4.79 Å². The lowest BCUT2D eigenvalue weighted by Crippen LogP contribution is -2.53. The van der Waals surface area contributed by atoms with Crippen LogP contribution in [0.15, 0.2) is 30.3 Å². The van der Waals surface area contributed by atoms with Crippen molar-refractivity contribution in [3.63, 3.8) is 0 Å². The van der Waals surface area contributed by atoms with Crippen LogP contribution in [0, 0.1) is 11.3 Å². The lowest BCUT2D eigenvalue weighted by atomic mass is 9.95. The summed E-state index contributed by atoms with van der Waals surface area (Å²) >= 11 is 0. The van der Waals surface area contributed by atoms with Gasteiger partial charge in [0.2, 0.25) is 0 Å². The van der Waals surface area contributed by atoms with E-state index in [1.54, 1.807) is 0 Å². The fourth-order valence-electron chi connectivity index (χ4n) is 4.36. The van der Waals surface area contributed by atoms with Crippen molar-refractivity contribution in [3.05, 3.63) is 35.9 Å². The van der Waals surface area contributed by atoms with Crippen LogP contribution in [0.4, 0.5) is 4.79 Å². The van der Waals surface area contributed by atoms with Crippen molar-refractivity contribution in [2.75, 3.05) is 19.6 Å². The molecule has 2 fully saturated rings. The predicted molar refractivity (Wildman–Crippen MR) is 107 cm³/mol. The molecule has 0 spiro atoms. The molecule has 1 aliphatic heterocycles. The van der Waals surface area contributed by atoms with E-state index in [-0.39, 0.29) is 12.1 Å². The van der Waals surface area contributed by atoms with E-state index in [9.17, 15) is 4.79 Å². The summed E-state index contributed by atoms with van der Waals surface area (Å²) in [5, 5.41) is 12.2. The summed E-state index contributed by atoms with van der Waals surface area (Å²) in [6.07, 6.45) is 8.25. The van der Waals surface area contributed by atoms with Gasteiger partial charge in [-0.1, -0.05) is 49.6 Å². The van der Waals surface area contributed by atoms with Crippen molar-refractivity contribution in [2.45, 2.75) is 70.0 Å². The number of amides is 2. The number of rotatable bonds is 6. The van der Waals surface area contributed by atoms with Gasteiger partial charge in [-0.2, -0.15) is 5.26 Å². The van der Waals surface area contributed by atoms with Crippen LogP contribution in [-0.4, -0.2) is 47.5 Å². The molecule has 2 aliphatic rings. The number of carbonyl (C=O) groups is 1. The third-order valence-electron chi connectivity index (χ3n) is 5.91. The predicted octanol–water partition coefficient (Wildman–Crippen LogP) is 3.91. The fourth-order valence-corrected chi connectivity index (χ4v) is 4.36. The average Bonchev–Trinajstić information content (AvgIpc) is 2.71. The molecule has 0 unspecified atom stereocenters. The van der Waals surface area contributed by atoms with E-state index < -0.39 is 0 Å². The highest BCUT2D eigenvalue weighted by Gasteiger charge is 2.29. The molecule has 1 aromatic rings. The zero-order valence-electron chi connectivity index (χ0n) is 16.3. The Morgan fingerprint density at radius 1 is 1.11 bits per heavy atom. The summed E-state index contributed by atoms with van der Waals surface area (Å²) in [5.74, 6) is 0.